The zero-order valence-corrected chi connectivity index (χ0v) is 65.9. The van der Waals surface area contributed by atoms with Gasteiger partial charge in [-0.1, -0.05) is 24.3 Å². The van der Waals surface area contributed by atoms with Gasteiger partial charge in [-0.15, -0.1) is 0 Å². The summed E-state index contributed by atoms with van der Waals surface area (Å²) in [4.78, 5) is 26.7. The highest BCUT2D eigenvalue weighted by atomic mass is 15.0. The van der Waals surface area contributed by atoms with Crippen molar-refractivity contribution in [1.82, 2.24) is 29.9 Å². The van der Waals surface area contributed by atoms with Gasteiger partial charge in [0.25, 0.3) is 0 Å². The monoisotopic (exact) mass is 1370 g/mol. The van der Waals surface area contributed by atoms with Crippen molar-refractivity contribution in [3.8, 4) is 78.7 Å². The summed E-state index contributed by atoms with van der Waals surface area (Å²) in [6.45, 7) is 40.0. The van der Waals surface area contributed by atoms with E-state index >= 15 is 0 Å². The third-order valence-corrected chi connectivity index (χ3v) is 19.0. The van der Waals surface area contributed by atoms with Crippen LogP contribution in [0.15, 0.2) is 201 Å². The third-order valence-electron chi connectivity index (χ3n) is 19.0. The normalized spacial score (nSPS) is 10.6. The summed E-state index contributed by atoms with van der Waals surface area (Å²) in [5.41, 5.74) is 40.1. The molecule has 12 nitrogen and oxygen atoms in total. The number of pyridine rings is 12. The molecule has 0 unspecified atom stereocenters. The maximum Gasteiger partial charge on any atom is 0.214 e. The molecular weight excluding hydrogens is 1260 g/mol. The van der Waals surface area contributed by atoms with Crippen molar-refractivity contribution < 1.29 is 27.4 Å². The quantitative estimate of drug-likeness (QED) is 0.147. The van der Waals surface area contributed by atoms with Crippen molar-refractivity contribution in [3.63, 3.8) is 0 Å². The summed E-state index contributed by atoms with van der Waals surface area (Å²) in [7, 11) is 12.5. The minimum absolute atomic E-state index is 1.07. The van der Waals surface area contributed by atoms with Crippen molar-refractivity contribution in [2.45, 2.75) is 132 Å². The Bertz CT molecular complexity index is 5050. The molecule has 0 radical (unpaired) electrons. The number of benzene rings is 1. The van der Waals surface area contributed by atoms with Gasteiger partial charge in [0.1, 0.15) is 42.3 Å². The van der Waals surface area contributed by atoms with Gasteiger partial charge in [0.2, 0.25) is 34.2 Å². The average molecular weight is 1370 g/mol. The van der Waals surface area contributed by atoms with Gasteiger partial charge in [-0.2, -0.15) is 0 Å². The minimum Gasteiger partial charge on any atom is -0.261 e. The molecule has 0 spiro atoms. The maximum absolute atomic E-state index is 4.57. The highest BCUT2D eigenvalue weighted by molar-refractivity contribution is 5.71. The van der Waals surface area contributed by atoms with Gasteiger partial charge in [0.05, 0.1) is 67.5 Å². The van der Waals surface area contributed by atoms with Crippen LogP contribution < -0.4 is 27.4 Å². The van der Waals surface area contributed by atoms with Crippen LogP contribution in [0, 0.1) is 132 Å². The molecule has 12 heterocycles. The number of rotatable bonds is 7. The molecule has 0 fully saturated rings. The van der Waals surface area contributed by atoms with Crippen LogP contribution in [0.4, 0.5) is 0 Å². The van der Waals surface area contributed by atoms with Crippen molar-refractivity contribution >= 4 is 0 Å². The van der Waals surface area contributed by atoms with E-state index in [-0.39, 0.29) is 0 Å². The second-order valence-corrected chi connectivity index (χ2v) is 27.6. The lowest BCUT2D eigenvalue weighted by molar-refractivity contribution is -0.660. The summed E-state index contributed by atoms with van der Waals surface area (Å²) in [5.74, 6) is 0. The fraction of sp³-hybridized carbons (Fsp3) is 0.275. The van der Waals surface area contributed by atoms with Crippen LogP contribution in [0.5, 0.6) is 0 Å². The molecule has 13 rings (SSSR count). The summed E-state index contributed by atoms with van der Waals surface area (Å²) in [6.07, 6.45) is 20.2. The van der Waals surface area contributed by atoms with Crippen LogP contribution in [-0.2, 0) is 42.3 Å². The van der Waals surface area contributed by atoms with Gasteiger partial charge >= 0.3 is 0 Å². The van der Waals surface area contributed by atoms with Crippen LogP contribution in [0.25, 0.3) is 78.7 Å². The Morgan fingerprint density at radius 1 is 0.233 bits per heavy atom. The van der Waals surface area contributed by atoms with E-state index in [4.69, 9.17) is 0 Å². The number of hydrogen-bond acceptors (Lipinski definition) is 6. The smallest absolute Gasteiger partial charge is 0.214 e. The number of hydrogen-bond donors (Lipinski definition) is 0. The first-order chi connectivity index (χ1) is 48.9. The molecule has 13 aromatic rings. The minimum atomic E-state index is 1.07. The number of nitrogens with zero attached hydrogens (tertiary/aromatic N) is 12. The van der Waals surface area contributed by atoms with E-state index < -0.39 is 0 Å². The standard InChI is InChI=1S/C20H21N2.2C15H19N2.2C14H17N2.C13H15N2/c1-14-7-5-6-8-18(14)17-9-10-19(22(4)13-17)20-15(2)11-12-21-16(20)3;1-10-6-7-16-13(4)15(10)14-8-11(2)12(3)9-17(14)5;1-10-6-7-17(5)14(8-10)15-11(2)9-12(3)16-13(15)4;1-10-6-8-16(4)13(9-10)14-11(2)5-7-15-12(14)3;1-10-9-11(2)15-12(3)14(10)13-7-5-6-8-16(13)4;1-10-7-8-14-11(2)13(10)12-6-4-5-9-15(12)3/h5-13H,1-4H3;2*6-9H,1-5H3;2*5-9H,1-4H3;4-9H,1-3H3/q6*+1. The summed E-state index contributed by atoms with van der Waals surface area (Å²) in [6, 6.07) is 48.7. The lowest BCUT2D eigenvalue weighted by atomic mass is 9.99. The maximum atomic E-state index is 4.57. The fourth-order valence-corrected chi connectivity index (χ4v) is 13.6. The largest absolute Gasteiger partial charge is 0.261 e. The van der Waals surface area contributed by atoms with E-state index in [0.29, 0.717) is 0 Å². The van der Waals surface area contributed by atoms with Crippen molar-refractivity contribution in [1.29, 1.82) is 0 Å². The lowest BCUT2D eigenvalue weighted by Crippen LogP contribution is -2.32. The van der Waals surface area contributed by atoms with E-state index in [1.807, 2.05) is 50.8 Å². The molecule has 103 heavy (non-hydrogen) atoms. The van der Waals surface area contributed by atoms with Gasteiger partial charge in [0.15, 0.2) is 37.2 Å². The van der Waals surface area contributed by atoms with Crippen LogP contribution in [0.2, 0.25) is 0 Å². The van der Waals surface area contributed by atoms with E-state index in [1.165, 1.54) is 140 Å². The molecule has 0 saturated carbocycles. The predicted molar refractivity (Wildman–Crippen MR) is 421 cm³/mol. The molecular formula is C91H108N12+6. The van der Waals surface area contributed by atoms with Crippen LogP contribution in [0.3, 0.4) is 0 Å². The summed E-state index contributed by atoms with van der Waals surface area (Å²) >= 11 is 0. The van der Waals surface area contributed by atoms with Crippen molar-refractivity contribution in [3.05, 3.63) is 308 Å². The second kappa shape index (κ2) is 35.1. The first-order valence-electron chi connectivity index (χ1n) is 35.4. The fourth-order valence-electron chi connectivity index (χ4n) is 13.6. The van der Waals surface area contributed by atoms with Gasteiger partial charge < -0.3 is 0 Å². The Hall–Kier alpha value is -11.0. The number of aromatic nitrogens is 12. The van der Waals surface area contributed by atoms with Crippen LogP contribution in [0.1, 0.15) is 107 Å². The molecule has 12 heteroatoms. The van der Waals surface area contributed by atoms with E-state index in [2.05, 4.69) is 382 Å². The molecule has 0 aliphatic carbocycles. The Labute approximate surface area is 614 Å². The molecule has 0 aliphatic rings. The zero-order valence-electron chi connectivity index (χ0n) is 65.9. The second-order valence-electron chi connectivity index (χ2n) is 27.6. The van der Waals surface area contributed by atoms with Gasteiger partial charge in [-0.05, 0) is 247 Å². The Morgan fingerprint density at radius 3 is 0.951 bits per heavy atom. The van der Waals surface area contributed by atoms with Crippen molar-refractivity contribution in [2.75, 3.05) is 0 Å². The van der Waals surface area contributed by atoms with E-state index in [1.54, 1.807) is 0 Å². The first-order valence-corrected chi connectivity index (χ1v) is 35.4. The van der Waals surface area contributed by atoms with Gasteiger partial charge in [-0.25, -0.2) is 27.4 Å². The predicted octanol–water partition coefficient (Wildman–Crippen LogP) is 17.0. The molecule has 0 aliphatic heterocycles. The van der Waals surface area contributed by atoms with Gasteiger partial charge in [0, 0.05) is 108 Å². The molecule has 0 N–H and O–H groups in total. The molecule has 0 bridgehead atoms. The number of aryl methyl sites for hydroxylation is 25. The molecule has 526 valence electrons. The Balaban J connectivity index is 0.000000157. The molecule has 12 aromatic heterocycles. The van der Waals surface area contributed by atoms with E-state index in [0.717, 1.165) is 45.6 Å². The Kier molecular flexibility index (Phi) is 26.5. The average Bonchev–Trinajstić information content (AvgIpc) is 0.826. The topological polar surface area (TPSA) is 101 Å². The molecule has 0 amide bonds. The van der Waals surface area contributed by atoms with E-state index in [9.17, 15) is 0 Å². The molecule has 0 atom stereocenters. The third kappa shape index (κ3) is 19.4. The molecule has 1 aromatic carbocycles. The SMILES string of the molecule is Cc1cc(-c2c(C)ccnc2C)[n+](C)cc1C.Cc1cc(C)c(-c2cccc[n+]2C)c(C)n1.Cc1cc[n+](C)c(-c2c(C)cc(C)nc2C)c1.Cc1cc[n+](C)c(-c2c(C)ccnc2C)c1.Cc1ccccc1-c1ccc(-c2c(C)ccnc2C)[n+](C)c1.Cc1ccnc(C)c1-c1cccc[n+]1C. The molecule has 0 saturated heterocycles. The highest BCUT2D eigenvalue weighted by Crippen LogP contribution is 2.30. The summed E-state index contributed by atoms with van der Waals surface area (Å²) in [5, 5.41) is 0. The first kappa shape index (κ1) is 77.8. The van der Waals surface area contributed by atoms with Crippen LogP contribution >= 0.6 is 0 Å². The van der Waals surface area contributed by atoms with Gasteiger partial charge in [-0.3, -0.25) is 29.9 Å². The zero-order chi connectivity index (χ0) is 75.1. The highest BCUT2D eigenvalue weighted by Gasteiger charge is 2.22. The Morgan fingerprint density at radius 2 is 0.573 bits per heavy atom. The van der Waals surface area contributed by atoms with Crippen molar-refractivity contribution in [2.24, 2.45) is 42.3 Å². The summed E-state index contributed by atoms with van der Waals surface area (Å²) < 4.78 is 12.9. The lowest BCUT2D eigenvalue weighted by Gasteiger charge is -2.09. The van der Waals surface area contributed by atoms with Crippen LogP contribution in [-0.4, -0.2) is 29.9 Å².